The lowest BCUT2D eigenvalue weighted by Crippen LogP contribution is -2.25. The Hall–Kier alpha value is -2.34. The van der Waals surface area contributed by atoms with Crippen LogP contribution in [0.2, 0.25) is 0 Å². The minimum atomic E-state index is -0.220. The second kappa shape index (κ2) is 8.19. The van der Waals surface area contributed by atoms with Gasteiger partial charge in [-0.15, -0.1) is 0 Å². The molecule has 2 N–H and O–H groups in total. The summed E-state index contributed by atoms with van der Waals surface area (Å²) in [6, 6.07) is 15.0. The van der Waals surface area contributed by atoms with Crippen molar-refractivity contribution >= 4 is 33.7 Å². The molecule has 0 aliphatic carbocycles. The fourth-order valence-electron chi connectivity index (χ4n) is 1.70. The van der Waals surface area contributed by atoms with E-state index < -0.39 is 0 Å². The average Bonchev–Trinajstić information content (AvgIpc) is 2.53. The normalized spacial score (nSPS) is 10.5. The predicted octanol–water partition coefficient (Wildman–Crippen LogP) is 3.02. The van der Waals surface area contributed by atoms with Gasteiger partial charge in [0.05, 0.1) is 19.9 Å². The number of carbonyl (C=O) groups excluding carboxylic acids is 1. The van der Waals surface area contributed by atoms with E-state index >= 15 is 0 Å². The van der Waals surface area contributed by atoms with Gasteiger partial charge in [-0.1, -0.05) is 28.1 Å². The molecule has 5 nitrogen and oxygen atoms in total. The third kappa shape index (κ3) is 5.21. The molecule has 0 fully saturated rings. The van der Waals surface area contributed by atoms with E-state index in [-0.39, 0.29) is 12.5 Å². The first kappa shape index (κ1) is 16.0. The Morgan fingerprint density at radius 3 is 2.73 bits per heavy atom. The van der Waals surface area contributed by atoms with Crippen LogP contribution in [-0.2, 0) is 4.79 Å². The van der Waals surface area contributed by atoms with Crippen molar-refractivity contribution in [1.82, 2.24) is 5.43 Å². The molecule has 0 aliphatic rings. The van der Waals surface area contributed by atoms with Crippen LogP contribution in [0.5, 0.6) is 5.75 Å². The zero-order valence-corrected chi connectivity index (χ0v) is 13.6. The molecule has 114 valence electrons. The van der Waals surface area contributed by atoms with E-state index in [0.29, 0.717) is 0 Å². The van der Waals surface area contributed by atoms with Crippen LogP contribution >= 0.6 is 15.9 Å². The summed E-state index contributed by atoms with van der Waals surface area (Å²) in [5.74, 6) is 0.552. The largest absolute Gasteiger partial charge is 0.497 e. The van der Waals surface area contributed by atoms with Gasteiger partial charge >= 0.3 is 0 Å². The Labute approximate surface area is 137 Å². The molecule has 0 heterocycles. The standard InChI is InChI=1S/C16H16BrN3O2/c1-22-15-7-5-14(6-8-15)18-11-16(21)20-19-10-12-3-2-4-13(17)9-12/h2-10,18H,11H2,1H3,(H,20,21)/b19-10-. The summed E-state index contributed by atoms with van der Waals surface area (Å²) >= 11 is 3.38. The van der Waals surface area contributed by atoms with E-state index in [0.717, 1.165) is 21.5 Å². The van der Waals surface area contributed by atoms with E-state index in [2.05, 4.69) is 31.8 Å². The fraction of sp³-hybridized carbons (Fsp3) is 0.125. The maximum absolute atomic E-state index is 11.7. The van der Waals surface area contributed by atoms with Crippen molar-refractivity contribution in [1.29, 1.82) is 0 Å². The molecule has 0 bridgehead atoms. The van der Waals surface area contributed by atoms with Crippen LogP contribution in [0, 0.1) is 0 Å². The number of hydrazone groups is 1. The monoisotopic (exact) mass is 361 g/mol. The Bertz CT molecular complexity index is 657. The molecule has 0 spiro atoms. The molecule has 0 saturated heterocycles. The number of benzene rings is 2. The highest BCUT2D eigenvalue weighted by Gasteiger charge is 1.99. The number of halogens is 1. The molecule has 22 heavy (non-hydrogen) atoms. The van der Waals surface area contributed by atoms with Gasteiger partial charge in [0, 0.05) is 10.2 Å². The number of amides is 1. The minimum Gasteiger partial charge on any atom is -0.497 e. The smallest absolute Gasteiger partial charge is 0.259 e. The number of hydrogen-bond donors (Lipinski definition) is 2. The van der Waals surface area contributed by atoms with Gasteiger partial charge < -0.3 is 10.1 Å². The molecule has 0 aromatic heterocycles. The molecule has 6 heteroatoms. The lowest BCUT2D eigenvalue weighted by atomic mass is 10.2. The number of methoxy groups -OCH3 is 1. The first-order valence-corrected chi connectivity index (χ1v) is 7.42. The number of ether oxygens (including phenoxy) is 1. The van der Waals surface area contributed by atoms with E-state index in [9.17, 15) is 4.79 Å². The first-order valence-electron chi connectivity index (χ1n) is 6.63. The average molecular weight is 362 g/mol. The van der Waals surface area contributed by atoms with Gasteiger partial charge in [0.1, 0.15) is 5.75 Å². The summed E-state index contributed by atoms with van der Waals surface area (Å²) in [5, 5.41) is 6.92. The SMILES string of the molecule is COc1ccc(NCC(=O)N/N=C\c2cccc(Br)c2)cc1. The van der Waals surface area contributed by atoms with Crippen LogP contribution in [0.1, 0.15) is 5.56 Å². The molecular weight excluding hydrogens is 346 g/mol. The number of carbonyl (C=O) groups is 1. The van der Waals surface area contributed by atoms with Crippen molar-refractivity contribution in [2.75, 3.05) is 19.0 Å². The summed E-state index contributed by atoms with van der Waals surface area (Å²) in [5.41, 5.74) is 4.21. The van der Waals surface area contributed by atoms with Crippen LogP contribution in [0.15, 0.2) is 58.1 Å². The van der Waals surface area contributed by atoms with Crippen LogP contribution in [0.25, 0.3) is 0 Å². The molecule has 0 aliphatic heterocycles. The predicted molar refractivity (Wildman–Crippen MR) is 91.4 cm³/mol. The van der Waals surface area contributed by atoms with Gasteiger partial charge in [-0.2, -0.15) is 5.10 Å². The van der Waals surface area contributed by atoms with E-state index in [1.54, 1.807) is 13.3 Å². The highest BCUT2D eigenvalue weighted by Crippen LogP contribution is 2.14. The summed E-state index contributed by atoms with van der Waals surface area (Å²) in [7, 11) is 1.61. The van der Waals surface area contributed by atoms with E-state index in [1.807, 2.05) is 48.5 Å². The third-order valence-electron chi connectivity index (χ3n) is 2.79. The van der Waals surface area contributed by atoms with Gasteiger partial charge in [-0.25, -0.2) is 5.43 Å². The van der Waals surface area contributed by atoms with Crippen molar-refractivity contribution in [3.05, 3.63) is 58.6 Å². The van der Waals surface area contributed by atoms with Gasteiger partial charge in [0.25, 0.3) is 5.91 Å². The number of hydrogen-bond acceptors (Lipinski definition) is 4. The van der Waals surface area contributed by atoms with Crippen LogP contribution in [0.4, 0.5) is 5.69 Å². The quantitative estimate of drug-likeness (QED) is 0.613. The Kier molecular flexibility index (Phi) is 5.97. The van der Waals surface area contributed by atoms with Gasteiger partial charge in [0.2, 0.25) is 0 Å². The number of nitrogens with one attached hydrogen (secondary N) is 2. The van der Waals surface area contributed by atoms with E-state index in [1.165, 1.54) is 0 Å². The zero-order valence-electron chi connectivity index (χ0n) is 12.0. The van der Waals surface area contributed by atoms with Crippen LogP contribution < -0.4 is 15.5 Å². The number of rotatable bonds is 6. The Morgan fingerprint density at radius 2 is 2.05 bits per heavy atom. The van der Waals surface area contributed by atoms with Crippen molar-refractivity contribution in [3.8, 4) is 5.75 Å². The van der Waals surface area contributed by atoms with Crippen molar-refractivity contribution < 1.29 is 9.53 Å². The topological polar surface area (TPSA) is 62.7 Å². The molecular formula is C16H16BrN3O2. The molecule has 2 rings (SSSR count). The number of anilines is 1. The Morgan fingerprint density at radius 1 is 1.27 bits per heavy atom. The first-order chi connectivity index (χ1) is 10.7. The zero-order chi connectivity index (χ0) is 15.8. The highest BCUT2D eigenvalue weighted by molar-refractivity contribution is 9.10. The minimum absolute atomic E-state index is 0.141. The highest BCUT2D eigenvalue weighted by atomic mass is 79.9. The summed E-state index contributed by atoms with van der Waals surface area (Å²) in [6.45, 7) is 0.141. The molecule has 0 atom stereocenters. The maximum Gasteiger partial charge on any atom is 0.259 e. The lowest BCUT2D eigenvalue weighted by Gasteiger charge is -2.06. The molecule has 2 aromatic rings. The molecule has 0 saturated carbocycles. The van der Waals surface area contributed by atoms with Crippen LogP contribution in [-0.4, -0.2) is 25.8 Å². The second-order valence-corrected chi connectivity index (χ2v) is 5.35. The van der Waals surface area contributed by atoms with Crippen molar-refractivity contribution in [2.24, 2.45) is 5.10 Å². The Balaban J connectivity index is 1.77. The second-order valence-electron chi connectivity index (χ2n) is 4.43. The summed E-state index contributed by atoms with van der Waals surface area (Å²) in [6.07, 6.45) is 1.59. The van der Waals surface area contributed by atoms with Crippen molar-refractivity contribution in [2.45, 2.75) is 0 Å². The van der Waals surface area contributed by atoms with Crippen LogP contribution in [0.3, 0.4) is 0 Å². The molecule has 0 unspecified atom stereocenters. The third-order valence-corrected chi connectivity index (χ3v) is 3.29. The summed E-state index contributed by atoms with van der Waals surface area (Å²) < 4.78 is 6.03. The molecule has 1 amide bonds. The van der Waals surface area contributed by atoms with Gasteiger partial charge in [-0.05, 0) is 42.0 Å². The number of nitrogens with zero attached hydrogens (tertiary/aromatic N) is 1. The van der Waals surface area contributed by atoms with Gasteiger partial charge in [0.15, 0.2) is 0 Å². The van der Waals surface area contributed by atoms with E-state index in [4.69, 9.17) is 4.74 Å². The maximum atomic E-state index is 11.7. The molecule has 0 radical (unpaired) electrons. The van der Waals surface area contributed by atoms with Gasteiger partial charge in [-0.3, -0.25) is 4.79 Å². The fourth-order valence-corrected chi connectivity index (χ4v) is 2.11. The molecule has 2 aromatic carbocycles. The lowest BCUT2D eigenvalue weighted by molar-refractivity contribution is -0.119. The summed E-state index contributed by atoms with van der Waals surface area (Å²) in [4.78, 5) is 11.7. The van der Waals surface area contributed by atoms with Crippen molar-refractivity contribution in [3.63, 3.8) is 0 Å².